The van der Waals surface area contributed by atoms with Gasteiger partial charge in [-0.25, -0.2) is 4.99 Å². The molecule has 1 atom stereocenters. The number of furan rings is 1. The molecule has 0 fully saturated rings. The fraction of sp³-hybridized carbons (Fsp3) is 0.0488. The quantitative estimate of drug-likeness (QED) is 0.209. The van der Waals surface area contributed by atoms with E-state index in [0.29, 0.717) is 0 Å². The van der Waals surface area contributed by atoms with E-state index in [4.69, 9.17) is 9.41 Å². The van der Waals surface area contributed by atoms with E-state index >= 15 is 0 Å². The van der Waals surface area contributed by atoms with Gasteiger partial charge in [-0.3, -0.25) is 4.57 Å². The highest BCUT2D eigenvalue weighted by Crippen LogP contribution is 2.40. The van der Waals surface area contributed by atoms with Crippen molar-refractivity contribution >= 4 is 55.4 Å². The van der Waals surface area contributed by atoms with Gasteiger partial charge in [-0.2, -0.15) is 0 Å². The average Bonchev–Trinajstić information content (AvgIpc) is 3.65. The summed E-state index contributed by atoms with van der Waals surface area (Å²) in [5.41, 5.74) is 9.58. The van der Waals surface area contributed by atoms with E-state index in [1.165, 1.54) is 16.3 Å². The number of para-hydroxylation sites is 3. The molecule has 6 aromatic carbocycles. The van der Waals surface area contributed by atoms with Gasteiger partial charge >= 0.3 is 0 Å². The molecule has 1 aliphatic rings. The van der Waals surface area contributed by atoms with E-state index < -0.39 is 0 Å². The Morgan fingerprint density at radius 2 is 1.27 bits per heavy atom. The third kappa shape index (κ3) is 4.03. The lowest BCUT2D eigenvalue weighted by molar-refractivity contribution is 0.422. The van der Waals surface area contributed by atoms with E-state index in [-0.39, 0.29) is 6.04 Å². The predicted octanol–water partition coefficient (Wildman–Crippen LogP) is 10.3. The first-order valence-corrected chi connectivity index (χ1v) is 15.3. The monoisotopic (exact) mass is 579 g/mol. The largest absolute Gasteiger partial charge is 0.455 e. The molecular formula is C41H29N3O. The Kier molecular flexibility index (Phi) is 5.75. The number of aromatic nitrogens is 1. The summed E-state index contributed by atoms with van der Waals surface area (Å²) in [6, 6.07) is 51.3. The molecular weight excluding hydrogens is 550 g/mol. The minimum absolute atomic E-state index is 0.0232. The second kappa shape index (κ2) is 10.1. The molecule has 9 rings (SSSR count). The van der Waals surface area contributed by atoms with Crippen LogP contribution in [0.3, 0.4) is 0 Å². The molecule has 0 radical (unpaired) electrons. The van der Waals surface area contributed by atoms with Gasteiger partial charge in [0.25, 0.3) is 0 Å². The van der Waals surface area contributed by atoms with Gasteiger partial charge < -0.3 is 9.32 Å². The first-order valence-electron chi connectivity index (χ1n) is 15.3. The number of aliphatic imine (C=N–C) groups is 1. The number of hydrogen-bond donors (Lipinski definition) is 0. The molecule has 1 aliphatic heterocycles. The number of hydrogen-bond acceptors (Lipinski definition) is 3. The summed E-state index contributed by atoms with van der Waals surface area (Å²) < 4.78 is 8.74. The predicted molar refractivity (Wildman–Crippen MR) is 186 cm³/mol. The molecule has 0 bridgehead atoms. The van der Waals surface area contributed by atoms with Gasteiger partial charge in [0.05, 0.1) is 22.8 Å². The van der Waals surface area contributed by atoms with E-state index in [1.54, 1.807) is 0 Å². The summed E-state index contributed by atoms with van der Waals surface area (Å²) in [5, 5.41) is 4.64. The van der Waals surface area contributed by atoms with Crippen LogP contribution in [0, 0.1) is 0 Å². The van der Waals surface area contributed by atoms with Crippen LogP contribution in [0.4, 0.5) is 0 Å². The van der Waals surface area contributed by atoms with Crippen molar-refractivity contribution < 1.29 is 4.42 Å². The fourth-order valence-corrected chi connectivity index (χ4v) is 6.89. The van der Waals surface area contributed by atoms with Crippen molar-refractivity contribution in [1.82, 2.24) is 9.47 Å². The lowest BCUT2D eigenvalue weighted by Crippen LogP contribution is -2.37. The summed E-state index contributed by atoms with van der Waals surface area (Å²) >= 11 is 0. The van der Waals surface area contributed by atoms with Crippen molar-refractivity contribution in [1.29, 1.82) is 0 Å². The Hall–Kier alpha value is -5.87. The van der Waals surface area contributed by atoms with Crippen LogP contribution >= 0.6 is 0 Å². The molecule has 0 spiro atoms. The standard InChI is InChI=1S/C41H29N3O/c1-43-38(28-15-6-3-7-16-28)26-35(27-13-4-2-5-14-27)42-41(43)44-36-21-10-8-17-31(36)34-25-29(23-24-37(34)44)30-19-12-20-33-32-18-9-11-22-39(32)45-40(30)33/h2-26,38H,1H3. The van der Waals surface area contributed by atoms with E-state index in [1.807, 2.05) is 12.1 Å². The maximum atomic E-state index is 6.42. The lowest BCUT2D eigenvalue weighted by Gasteiger charge is -2.34. The van der Waals surface area contributed by atoms with Crippen LogP contribution in [0.2, 0.25) is 0 Å². The molecule has 0 saturated carbocycles. The summed E-state index contributed by atoms with van der Waals surface area (Å²) in [6.45, 7) is 0. The van der Waals surface area contributed by atoms with Gasteiger partial charge in [-0.05, 0) is 41.5 Å². The number of fused-ring (bicyclic) bond motifs is 6. The Labute approximate surface area is 260 Å². The minimum Gasteiger partial charge on any atom is -0.455 e. The maximum absolute atomic E-state index is 6.42. The van der Waals surface area contributed by atoms with Crippen LogP contribution in [-0.4, -0.2) is 22.5 Å². The number of rotatable bonds is 3. The highest BCUT2D eigenvalue weighted by molar-refractivity contribution is 6.16. The fourth-order valence-electron chi connectivity index (χ4n) is 6.89. The van der Waals surface area contributed by atoms with Gasteiger partial charge in [-0.1, -0.05) is 121 Å². The van der Waals surface area contributed by atoms with Crippen molar-refractivity contribution in [3.63, 3.8) is 0 Å². The third-order valence-electron chi connectivity index (χ3n) is 9.07. The first kappa shape index (κ1) is 25.6. The summed E-state index contributed by atoms with van der Waals surface area (Å²) in [5.74, 6) is 0.892. The topological polar surface area (TPSA) is 33.7 Å². The number of nitrogens with zero attached hydrogens (tertiary/aromatic N) is 3. The summed E-state index contributed by atoms with van der Waals surface area (Å²) in [6.07, 6.45) is 2.27. The minimum atomic E-state index is 0.0232. The molecule has 1 unspecified atom stereocenters. The zero-order valence-electron chi connectivity index (χ0n) is 24.8. The third-order valence-corrected chi connectivity index (χ3v) is 9.07. The van der Waals surface area contributed by atoms with Crippen LogP contribution in [0.25, 0.3) is 60.6 Å². The maximum Gasteiger partial charge on any atom is 0.211 e. The van der Waals surface area contributed by atoms with Crippen LogP contribution in [0.5, 0.6) is 0 Å². The van der Waals surface area contributed by atoms with Crippen LogP contribution in [0.15, 0.2) is 161 Å². The van der Waals surface area contributed by atoms with Gasteiger partial charge in [0.2, 0.25) is 5.96 Å². The second-order valence-corrected chi connectivity index (χ2v) is 11.7. The zero-order chi connectivity index (χ0) is 29.9. The molecule has 0 aliphatic carbocycles. The number of likely N-dealkylation sites (N-methyl/N-ethyl adjacent to an activating group) is 1. The molecule has 2 aromatic heterocycles. The van der Waals surface area contributed by atoms with Crippen molar-refractivity contribution in [3.8, 4) is 11.1 Å². The number of benzene rings is 6. The second-order valence-electron chi connectivity index (χ2n) is 11.7. The van der Waals surface area contributed by atoms with E-state index in [0.717, 1.165) is 61.3 Å². The van der Waals surface area contributed by atoms with Crippen LogP contribution in [-0.2, 0) is 0 Å². The SMILES string of the molecule is CN1C(n2c3ccccc3c3cc(-c4cccc5c4oc4ccccc45)ccc32)=NC(c2ccccc2)=CC1c1ccccc1. The van der Waals surface area contributed by atoms with Crippen LogP contribution in [0.1, 0.15) is 17.2 Å². The van der Waals surface area contributed by atoms with E-state index in [2.05, 4.69) is 156 Å². The Morgan fingerprint density at radius 1 is 0.578 bits per heavy atom. The molecule has 214 valence electrons. The molecule has 3 heterocycles. The molecule has 0 amide bonds. The molecule has 0 N–H and O–H groups in total. The van der Waals surface area contributed by atoms with Gasteiger partial charge in [0.15, 0.2) is 0 Å². The summed E-state index contributed by atoms with van der Waals surface area (Å²) in [7, 11) is 2.14. The Balaban J connectivity index is 1.27. The highest BCUT2D eigenvalue weighted by Gasteiger charge is 2.28. The van der Waals surface area contributed by atoms with Crippen molar-refractivity contribution in [2.75, 3.05) is 7.05 Å². The average molecular weight is 580 g/mol. The molecule has 8 aromatic rings. The Morgan fingerprint density at radius 3 is 2.11 bits per heavy atom. The van der Waals surface area contributed by atoms with E-state index in [9.17, 15) is 0 Å². The van der Waals surface area contributed by atoms with Crippen LogP contribution < -0.4 is 0 Å². The molecule has 4 heteroatoms. The van der Waals surface area contributed by atoms with Gasteiger partial charge in [0, 0.05) is 39.7 Å². The van der Waals surface area contributed by atoms with Crippen molar-refractivity contribution in [3.05, 3.63) is 163 Å². The molecule has 0 saturated heterocycles. The van der Waals surface area contributed by atoms with Gasteiger partial charge in [-0.15, -0.1) is 0 Å². The molecule has 4 nitrogen and oxygen atoms in total. The Bertz CT molecular complexity index is 2450. The highest BCUT2D eigenvalue weighted by atomic mass is 16.3. The lowest BCUT2D eigenvalue weighted by atomic mass is 10.00. The van der Waals surface area contributed by atoms with Crippen molar-refractivity contribution in [2.45, 2.75) is 6.04 Å². The smallest absolute Gasteiger partial charge is 0.211 e. The molecule has 45 heavy (non-hydrogen) atoms. The van der Waals surface area contributed by atoms with Crippen molar-refractivity contribution in [2.24, 2.45) is 4.99 Å². The van der Waals surface area contributed by atoms with Gasteiger partial charge in [0.1, 0.15) is 11.2 Å². The normalized spacial score (nSPS) is 15.2. The summed E-state index contributed by atoms with van der Waals surface area (Å²) in [4.78, 5) is 7.64. The first-order chi connectivity index (χ1) is 22.2. The zero-order valence-corrected chi connectivity index (χ0v) is 24.8.